The smallest absolute Gasteiger partial charge is 0.343 e. The zero-order chi connectivity index (χ0) is 12.7. The van der Waals surface area contributed by atoms with Gasteiger partial charge in [0.15, 0.2) is 6.61 Å². The monoisotopic (exact) mass is 237 g/mol. The average molecular weight is 237 g/mol. The SMILES string of the molecule is CCC(=O)Nc1ccc(OCC(=O)OC)cc1. The van der Waals surface area contributed by atoms with Crippen LogP contribution >= 0.6 is 0 Å². The third kappa shape index (κ3) is 4.55. The number of benzene rings is 1. The number of methoxy groups -OCH3 is 1. The van der Waals surface area contributed by atoms with E-state index in [4.69, 9.17) is 4.74 Å². The minimum Gasteiger partial charge on any atom is -0.482 e. The summed E-state index contributed by atoms with van der Waals surface area (Å²) in [4.78, 5) is 21.9. The van der Waals surface area contributed by atoms with Gasteiger partial charge in [0.2, 0.25) is 5.91 Å². The fraction of sp³-hybridized carbons (Fsp3) is 0.333. The summed E-state index contributed by atoms with van der Waals surface area (Å²) in [6.45, 7) is 1.65. The van der Waals surface area contributed by atoms with Crippen molar-refractivity contribution in [2.24, 2.45) is 0 Å². The van der Waals surface area contributed by atoms with E-state index in [1.165, 1.54) is 7.11 Å². The lowest BCUT2D eigenvalue weighted by Gasteiger charge is -2.06. The molecule has 0 saturated heterocycles. The van der Waals surface area contributed by atoms with Crippen molar-refractivity contribution in [1.82, 2.24) is 0 Å². The van der Waals surface area contributed by atoms with E-state index in [2.05, 4.69) is 10.1 Å². The molecule has 0 heterocycles. The number of anilines is 1. The minimum atomic E-state index is -0.437. The van der Waals surface area contributed by atoms with Gasteiger partial charge < -0.3 is 14.8 Å². The van der Waals surface area contributed by atoms with Crippen molar-refractivity contribution in [3.63, 3.8) is 0 Å². The van der Waals surface area contributed by atoms with E-state index < -0.39 is 5.97 Å². The molecule has 0 spiro atoms. The van der Waals surface area contributed by atoms with Crippen LogP contribution in [0.25, 0.3) is 0 Å². The zero-order valence-corrected chi connectivity index (χ0v) is 9.86. The van der Waals surface area contributed by atoms with Gasteiger partial charge in [-0.15, -0.1) is 0 Å². The van der Waals surface area contributed by atoms with Gasteiger partial charge in [-0.2, -0.15) is 0 Å². The summed E-state index contributed by atoms with van der Waals surface area (Å²) in [5.41, 5.74) is 0.697. The molecule has 0 unspecified atom stereocenters. The maximum absolute atomic E-state index is 11.1. The van der Waals surface area contributed by atoms with Crippen LogP contribution in [0, 0.1) is 0 Å². The third-order valence-electron chi connectivity index (χ3n) is 2.04. The van der Waals surface area contributed by atoms with Gasteiger partial charge in [-0.3, -0.25) is 4.79 Å². The fourth-order valence-corrected chi connectivity index (χ4v) is 1.09. The van der Waals surface area contributed by atoms with Gasteiger partial charge in [0.25, 0.3) is 0 Å². The van der Waals surface area contributed by atoms with Gasteiger partial charge in [-0.1, -0.05) is 6.92 Å². The molecule has 17 heavy (non-hydrogen) atoms. The molecule has 0 saturated carbocycles. The van der Waals surface area contributed by atoms with Crippen molar-refractivity contribution in [3.8, 4) is 5.75 Å². The summed E-state index contributed by atoms with van der Waals surface area (Å²) in [5.74, 6) is 0.0616. The topological polar surface area (TPSA) is 64.6 Å². The van der Waals surface area contributed by atoms with Crippen LogP contribution in [0.15, 0.2) is 24.3 Å². The molecular formula is C12H15NO4. The van der Waals surface area contributed by atoms with Gasteiger partial charge in [0.1, 0.15) is 5.75 Å². The maximum atomic E-state index is 11.1. The van der Waals surface area contributed by atoms with Gasteiger partial charge in [-0.25, -0.2) is 4.79 Å². The Morgan fingerprint density at radius 1 is 1.24 bits per heavy atom. The molecule has 0 bridgehead atoms. The summed E-state index contributed by atoms with van der Waals surface area (Å²) in [6.07, 6.45) is 0.431. The number of hydrogen-bond donors (Lipinski definition) is 1. The Balaban J connectivity index is 2.50. The Hall–Kier alpha value is -2.04. The molecule has 0 aliphatic heterocycles. The van der Waals surface area contributed by atoms with Crippen LogP contribution in [0.5, 0.6) is 5.75 Å². The van der Waals surface area contributed by atoms with Crippen LogP contribution in [0.1, 0.15) is 13.3 Å². The van der Waals surface area contributed by atoms with E-state index >= 15 is 0 Å². The first-order valence-corrected chi connectivity index (χ1v) is 5.25. The molecule has 1 rings (SSSR count). The molecule has 0 aromatic heterocycles. The normalized spacial score (nSPS) is 9.53. The van der Waals surface area contributed by atoms with Gasteiger partial charge in [-0.05, 0) is 24.3 Å². The first-order valence-electron chi connectivity index (χ1n) is 5.25. The van der Waals surface area contributed by atoms with E-state index in [0.29, 0.717) is 17.9 Å². The Bertz CT molecular complexity index is 386. The zero-order valence-electron chi connectivity index (χ0n) is 9.86. The molecule has 1 amide bonds. The first kappa shape index (κ1) is 13.0. The molecule has 92 valence electrons. The van der Waals surface area contributed by atoms with E-state index in [1.54, 1.807) is 31.2 Å². The summed E-state index contributed by atoms with van der Waals surface area (Å²) < 4.78 is 9.60. The number of ether oxygens (including phenoxy) is 2. The minimum absolute atomic E-state index is 0.0479. The number of carbonyl (C=O) groups excluding carboxylic acids is 2. The average Bonchev–Trinajstić information content (AvgIpc) is 2.37. The predicted octanol–water partition coefficient (Wildman–Crippen LogP) is 1.59. The number of hydrogen-bond acceptors (Lipinski definition) is 4. The Labute approximate surface area is 99.7 Å². The number of rotatable bonds is 5. The second kappa shape index (κ2) is 6.52. The van der Waals surface area contributed by atoms with E-state index in [-0.39, 0.29) is 12.5 Å². The molecule has 1 N–H and O–H groups in total. The van der Waals surface area contributed by atoms with Crippen molar-refractivity contribution in [3.05, 3.63) is 24.3 Å². The highest BCUT2D eigenvalue weighted by Gasteiger charge is 2.02. The quantitative estimate of drug-likeness (QED) is 0.790. The lowest BCUT2D eigenvalue weighted by Crippen LogP contribution is -2.12. The van der Waals surface area contributed by atoms with Crippen molar-refractivity contribution in [2.45, 2.75) is 13.3 Å². The van der Waals surface area contributed by atoms with E-state index in [9.17, 15) is 9.59 Å². The molecule has 0 radical (unpaired) electrons. The maximum Gasteiger partial charge on any atom is 0.343 e. The number of nitrogens with one attached hydrogen (secondary N) is 1. The van der Waals surface area contributed by atoms with Crippen LogP contribution in [-0.4, -0.2) is 25.6 Å². The predicted molar refractivity (Wildman–Crippen MR) is 62.9 cm³/mol. The van der Waals surface area contributed by atoms with Gasteiger partial charge >= 0.3 is 5.97 Å². The second-order valence-corrected chi connectivity index (χ2v) is 3.29. The highest BCUT2D eigenvalue weighted by atomic mass is 16.6. The molecule has 0 fully saturated rings. The van der Waals surface area contributed by atoms with E-state index in [1.807, 2.05) is 0 Å². The summed E-state index contributed by atoms with van der Waals surface area (Å²) in [7, 11) is 1.30. The lowest BCUT2D eigenvalue weighted by atomic mass is 10.3. The van der Waals surface area contributed by atoms with Gasteiger partial charge in [0, 0.05) is 12.1 Å². The Morgan fingerprint density at radius 2 is 1.88 bits per heavy atom. The van der Waals surface area contributed by atoms with Crippen LogP contribution in [0.4, 0.5) is 5.69 Å². The van der Waals surface area contributed by atoms with Crippen LogP contribution in [0.2, 0.25) is 0 Å². The highest BCUT2D eigenvalue weighted by molar-refractivity contribution is 5.90. The lowest BCUT2D eigenvalue weighted by molar-refractivity contribution is -0.142. The highest BCUT2D eigenvalue weighted by Crippen LogP contribution is 2.15. The molecule has 0 atom stereocenters. The molecule has 1 aromatic rings. The van der Waals surface area contributed by atoms with Crippen molar-refractivity contribution in [1.29, 1.82) is 0 Å². The molecule has 0 aliphatic carbocycles. The number of amides is 1. The Morgan fingerprint density at radius 3 is 2.41 bits per heavy atom. The van der Waals surface area contributed by atoms with E-state index in [0.717, 1.165) is 0 Å². The summed E-state index contributed by atoms with van der Waals surface area (Å²) >= 11 is 0. The van der Waals surface area contributed by atoms with Crippen LogP contribution < -0.4 is 10.1 Å². The molecule has 5 heteroatoms. The standard InChI is InChI=1S/C12H15NO4/c1-3-11(14)13-9-4-6-10(7-5-9)17-8-12(15)16-2/h4-7H,3,8H2,1-2H3,(H,13,14). The fourth-order valence-electron chi connectivity index (χ4n) is 1.09. The molecule has 0 aliphatic rings. The molecule has 5 nitrogen and oxygen atoms in total. The van der Waals surface area contributed by atoms with Crippen LogP contribution in [0.3, 0.4) is 0 Å². The van der Waals surface area contributed by atoms with Crippen molar-refractivity contribution >= 4 is 17.6 Å². The largest absolute Gasteiger partial charge is 0.482 e. The second-order valence-electron chi connectivity index (χ2n) is 3.29. The van der Waals surface area contributed by atoms with Gasteiger partial charge in [0.05, 0.1) is 7.11 Å². The Kier molecular flexibility index (Phi) is 5.00. The van der Waals surface area contributed by atoms with Crippen molar-refractivity contribution in [2.75, 3.05) is 19.0 Å². The van der Waals surface area contributed by atoms with Crippen LogP contribution in [-0.2, 0) is 14.3 Å². The summed E-state index contributed by atoms with van der Waals surface area (Å²) in [6, 6.07) is 6.77. The molecular weight excluding hydrogens is 222 g/mol. The third-order valence-corrected chi connectivity index (χ3v) is 2.04. The number of esters is 1. The molecule has 1 aromatic carbocycles. The summed E-state index contributed by atoms with van der Waals surface area (Å²) in [5, 5.41) is 2.71. The number of carbonyl (C=O) groups is 2. The van der Waals surface area contributed by atoms with Crippen molar-refractivity contribution < 1.29 is 19.1 Å². The first-order chi connectivity index (χ1) is 8.15.